The number of hydrogen-bond acceptors (Lipinski definition) is 6. The Morgan fingerprint density at radius 3 is 2.95 bits per heavy atom. The number of carbonyl (C=O) groups excluding carboxylic acids is 1. The van der Waals surface area contributed by atoms with E-state index in [2.05, 4.69) is 10.1 Å². The third kappa shape index (κ3) is 2.54. The average Bonchev–Trinajstić information content (AvgIpc) is 2.89. The van der Waals surface area contributed by atoms with Gasteiger partial charge in [-0.1, -0.05) is 12.1 Å². The summed E-state index contributed by atoms with van der Waals surface area (Å²) in [5.41, 5.74) is 0. The van der Waals surface area contributed by atoms with Crippen LogP contribution in [-0.4, -0.2) is 33.9 Å². The van der Waals surface area contributed by atoms with E-state index in [0.717, 1.165) is 0 Å². The Kier molecular flexibility index (Phi) is 3.47. The summed E-state index contributed by atoms with van der Waals surface area (Å²) in [6.45, 7) is 2.32. The molecule has 110 valence electrons. The third-order valence-electron chi connectivity index (χ3n) is 3.05. The van der Waals surface area contributed by atoms with Crippen LogP contribution in [-0.2, 0) is 11.8 Å². The Hall–Kier alpha value is -2.57. The number of aromatic nitrogens is 3. The van der Waals surface area contributed by atoms with E-state index in [1.54, 1.807) is 14.0 Å². The molecule has 7 nitrogen and oxygen atoms in total. The summed E-state index contributed by atoms with van der Waals surface area (Å²) in [5, 5.41) is 4.06. The molecular weight excluding hydrogens is 274 g/mol. The van der Waals surface area contributed by atoms with Crippen molar-refractivity contribution in [2.45, 2.75) is 13.0 Å². The number of nitrogens with zero attached hydrogens (tertiary/aromatic N) is 3. The Morgan fingerprint density at radius 2 is 2.19 bits per heavy atom. The Labute approximate surface area is 121 Å². The van der Waals surface area contributed by atoms with Crippen molar-refractivity contribution in [3.63, 3.8) is 0 Å². The molecule has 1 unspecified atom stereocenters. The van der Waals surface area contributed by atoms with Crippen LogP contribution in [0.1, 0.15) is 29.5 Å². The third-order valence-corrected chi connectivity index (χ3v) is 3.05. The summed E-state index contributed by atoms with van der Waals surface area (Å²) < 4.78 is 17.9. The van der Waals surface area contributed by atoms with Crippen LogP contribution < -0.4 is 9.47 Å². The molecule has 1 aliphatic heterocycles. The van der Waals surface area contributed by atoms with E-state index in [1.165, 1.54) is 4.68 Å². The SMILES string of the molecule is CCOC(=O)c1nc(C2COc3ccccc3O2)n(C)n1. The molecule has 0 saturated heterocycles. The number of para-hydroxylation sites is 2. The van der Waals surface area contributed by atoms with Crippen LogP contribution in [0.3, 0.4) is 0 Å². The lowest BCUT2D eigenvalue weighted by Crippen LogP contribution is -2.24. The monoisotopic (exact) mass is 289 g/mol. The molecule has 1 aromatic heterocycles. The molecule has 7 heteroatoms. The number of aryl methyl sites for hydroxylation is 1. The number of carbonyl (C=O) groups is 1. The molecule has 0 spiro atoms. The van der Waals surface area contributed by atoms with Gasteiger partial charge in [-0.3, -0.25) is 0 Å². The summed E-state index contributed by atoms with van der Waals surface area (Å²) in [6.07, 6.45) is -0.416. The fraction of sp³-hybridized carbons (Fsp3) is 0.357. The quantitative estimate of drug-likeness (QED) is 0.797. The lowest BCUT2D eigenvalue weighted by molar-refractivity contribution is 0.0511. The van der Waals surface area contributed by atoms with Gasteiger partial charge in [0.05, 0.1) is 6.61 Å². The maximum atomic E-state index is 11.7. The van der Waals surface area contributed by atoms with Gasteiger partial charge in [-0.2, -0.15) is 0 Å². The highest BCUT2D eigenvalue weighted by Crippen LogP contribution is 2.35. The zero-order valence-electron chi connectivity index (χ0n) is 11.8. The number of benzene rings is 1. The first-order valence-electron chi connectivity index (χ1n) is 6.65. The van der Waals surface area contributed by atoms with Crippen LogP contribution in [0.2, 0.25) is 0 Å². The predicted octanol–water partition coefficient (Wildman–Crippen LogP) is 1.50. The maximum Gasteiger partial charge on any atom is 0.378 e. The first-order valence-corrected chi connectivity index (χ1v) is 6.65. The normalized spacial score (nSPS) is 16.6. The Bertz CT molecular complexity index is 668. The highest BCUT2D eigenvalue weighted by atomic mass is 16.6. The zero-order chi connectivity index (χ0) is 14.8. The van der Waals surface area contributed by atoms with Gasteiger partial charge in [-0.25, -0.2) is 14.5 Å². The van der Waals surface area contributed by atoms with E-state index in [9.17, 15) is 4.79 Å². The summed E-state index contributed by atoms with van der Waals surface area (Å²) in [7, 11) is 1.70. The number of hydrogen-bond donors (Lipinski definition) is 0. The number of fused-ring (bicyclic) bond motifs is 1. The molecule has 2 heterocycles. The van der Waals surface area contributed by atoms with Crippen LogP contribution in [0.5, 0.6) is 11.5 Å². The van der Waals surface area contributed by atoms with Crippen molar-refractivity contribution < 1.29 is 19.0 Å². The van der Waals surface area contributed by atoms with Crippen LogP contribution in [0.4, 0.5) is 0 Å². The molecule has 2 aromatic rings. The van der Waals surface area contributed by atoms with E-state index >= 15 is 0 Å². The lowest BCUT2D eigenvalue weighted by Gasteiger charge is -2.25. The minimum atomic E-state index is -0.545. The molecule has 0 N–H and O–H groups in total. The molecule has 0 fully saturated rings. The second-order valence-corrected chi connectivity index (χ2v) is 4.50. The molecule has 21 heavy (non-hydrogen) atoms. The largest absolute Gasteiger partial charge is 0.485 e. The van der Waals surface area contributed by atoms with Gasteiger partial charge in [0, 0.05) is 7.05 Å². The fourth-order valence-corrected chi connectivity index (χ4v) is 2.11. The molecule has 0 aliphatic carbocycles. The lowest BCUT2D eigenvalue weighted by atomic mass is 10.2. The van der Waals surface area contributed by atoms with Crippen molar-refractivity contribution in [1.82, 2.24) is 14.8 Å². The Balaban J connectivity index is 1.84. The minimum Gasteiger partial charge on any atom is -0.485 e. The van der Waals surface area contributed by atoms with Crippen LogP contribution in [0.25, 0.3) is 0 Å². The highest BCUT2D eigenvalue weighted by Gasteiger charge is 2.28. The van der Waals surface area contributed by atoms with E-state index in [-0.39, 0.29) is 12.4 Å². The molecular formula is C14H15N3O4. The van der Waals surface area contributed by atoms with Crippen molar-refractivity contribution >= 4 is 5.97 Å². The molecule has 0 radical (unpaired) electrons. The van der Waals surface area contributed by atoms with Gasteiger partial charge >= 0.3 is 5.97 Å². The topological polar surface area (TPSA) is 75.5 Å². The van der Waals surface area contributed by atoms with E-state index in [1.807, 2.05) is 24.3 Å². The van der Waals surface area contributed by atoms with E-state index in [4.69, 9.17) is 14.2 Å². The van der Waals surface area contributed by atoms with Gasteiger partial charge in [0.1, 0.15) is 6.61 Å². The van der Waals surface area contributed by atoms with Crippen molar-refractivity contribution in [1.29, 1.82) is 0 Å². The minimum absolute atomic E-state index is 0.0248. The van der Waals surface area contributed by atoms with Gasteiger partial charge in [0.2, 0.25) is 0 Å². The molecule has 1 aliphatic rings. The zero-order valence-corrected chi connectivity index (χ0v) is 11.8. The molecule has 0 bridgehead atoms. The first kappa shape index (κ1) is 13.4. The summed E-state index contributed by atoms with van der Waals surface area (Å²) in [5.74, 6) is 1.34. The second-order valence-electron chi connectivity index (χ2n) is 4.50. The summed E-state index contributed by atoms with van der Waals surface area (Å²) >= 11 is 0. The highest BCUT2D eigenvalue weighted by molar-refractivity contribution is 5.85. The van der Waals surface area contributed by atoms with Crippen LogP contribution in [0.15, 0.2) is 24.3 Å². The average molecular weight is 289 g/mol. The smallest absolute Gasteiger partial charge is 0.378 e. The van der Waals surface area contributed by atoms with Crippen LogP contribution in [0, 0.1) is 0 Å². The van der Waals surface area contributed by atoms with Gasteiger partial charge < -0.3 is 14.2 Å². The van der Waals surface area contributed by atoms with Crippen molar-refractivity contribution in [2.24, 2.45) is 7.05 Å². The first-order chi connectivity index (χ1) is 10.2. The number of esters is 1. The second kappa shape index (κ2) is 5.43. The number of rotatable bonds is 3. The Morgan fingerprint density at radius 1 is 1.43 bits per heavy atom. The molecule has 0 amide bonds. The molecule has 1 aromatic carbocycles. The molecule has 1 atom stereocenters. The van der Waals surface area contributed by atoms with E-state index < -0.39 is 12.1 Å². The summed E-state index contributed by atoms with van der Waals surface area (Å²) in [4.78, 5) is 15.9. The standard InChI is InChI=1S/C14H15N3O4/c1-3-19-14(18)12-15-13(17(2)16-12)11-8-20-9-6-4-5-7-10(9)21-11/h4-7,11H,3,8H2,1-2H3. The summed E-state index contributed by atoms with van der Waals surface area (Å²) in [6, 6.07) is 7.41. The van der Waals surface area contributed by atoms with Crippen molar-refractivity contribution in [3.05, 3.63) is 35.9 Å². The van der Waals surface area contributed by atoms with Crippen molar-refractivity contribution in [2.75, 3.05) is 13.2 Å². The predicted molar refractivity (Wildman–Crippen MR) is 72.3 cm³/mol. The molecule has 0 saturated carbocycles. The van der Waals surface area contributed by atoms with Gasteiger partial charge in [0.15, 0.2) is 23.4 Å². The van der Waals surface area contributed by atoms with Gasteiger partial charge in [0.25, 0.3) is 5.82 Å². The maximum absolute atomic E-state index is 11.7. The van der Waals surface area contributed by atoms with Gasteiger partial charge in [-0.05, 0) is 19.1 Å². The number of ether oxygens (including phenoxy) is 3. The molecule has 3 rings (SSSR count). The van der Waals surface area contributed by atoms with Crippen molar-refractivity contribution in [3.8, 4) is 11.5 Å². The van der Waals surface area contributed by atoms with Gasteiger partial charge in [-0.15, -0.1) is 5.10 Å². The van der Waals surface area contributed by atoms with E-state index in [0.29, 0.717) is 23.9 Å². The fourth-order valence-electron chi connectivity index (χ4n) is 2.11. The van der Waals surface area contributed by atoms with Crippen LogP contribution >= 0.6 is 0 Å².